The third kappa shape index (κ3) is 4.80. The number of ether oxygens (including phenoxy) is 1. The number of anilines is 1. The molecule has 2 heterocycles. The van der Waals surface area contributed by atoms with Gasteiger partial charge in [0.2, 0.25) is 0 Å². The van der Waals surface area contributed by atoms with Crippen LogP contribution >= 0.6 is 0 Å². The quantitative estimate of drug-likeness (QED) is 0.692. The number of methoxy groups -OCH3 is 1. The largest absolute Gasteiger partial charge is 0.497 e. The number of nitrogens with one attached hydrogen (secondary N) is 1. The molecule has 140 valence electrons. The summed E-state index contributed by atoms with van der Waals surface area (Å²) >= 11 is 0. The second kappa shape index (κ2) is 8.60. The van der Waals surface area contributed by atoms with E-state index in [1.165, 1.54) is 5.56 Å². The van der Waals surface area contributed by atoms with Gasteiger partial charge >= 0.3 is 0 Å². The second-order valence-electron chi connectivity index (χ2n) is 6.59. The molecule has 1 atom stereocenters. The number of rotatable bonds is 7. The maximum absolute atomic E-state index is 5.36. The highest BCUT2D eigenvalue weighted by Crippen LogP contribution is 2.24. The summed E-state index contributed by atoms with van der Waals surface area (Å²) in [4.78, 5) is 15.4. The van der Waals surface area contributed by atoms with Gasteiger partial charge in [0.05, 0.1) is 13.2 Å². The van der Waals surface area contributed by atoms with Gasteiger partial charge in [-0.3, -0.25) is 4.98 Å². The summed E-state index contributed by atoms with van der Waals surface area (Å²) in [6.45, 7) is 2.69. The second-order valence-corrected chi connectivity index (χ2v) is 6.59. The van der Waals surface area contributed by atoms with Crippen molar-refractivity contribution < 1.29 is 4.74 Å². The molecule has 0 fully saturated rings. The Morgan fingerprint density at radius 3 is 2.56 bits per heavy atom. The number of hydrogen-bond donors (Lipinski definition) is 1. The van der Waals surface area contributed by atoms with Crippen molar-refractivity contribution in [1.82, 2.24) is 19.9 Å². The van der Waals surface area contributed by atoms with Crippen LogP contribution in [0.1, 0.15) is 17.3 Å². The Kier molecular flexibility index (Phi) is 5.98. The highest BCUT2D eigenvalue weighted by Gasteiger charge is 2.15. The number of benzene rings is 1. The lowest BCUT2D eigenvalue weighted by atomic mass is 10.1. The minimum absolute atomic E-state index is 0.180. The zero-order valence-corrected chi connectivity index (χ0v) is 16.2. The molecule has 0 bridgehead atoms. The number of likely N-dealkylation sites (N-methyl/N-ethyl adjacent to an activating group) is 1. The molecule has 0 saturated carbocycles. The minimum Gasteiger partial charge on any atom is -0.497 e. The van der Waals surface area contributed by atoms with Crippen LogP contribution in [0.2, 0.25) is 0 Å². The summed E-state index contributed by atoms with van der Waals surface area (Å²) in [6, 6.07) is 14.1. The van der Waals surface area contributed by atoms with Crippen LogP contribution in [0.25, 0.3) is 11.4 Å². The predicted octanol–water partition coefficient (Wildman–Crippen LogP) is 3.57. The molecule has 0 spiro atoms. The SMILES string of the molecule is COc1cccc(C(CNc2cc(C)nc(-c3ccncc3)n2)N(C)C)c1. The van der Waals surface area contributed by atoms with Crippen LogP contribution in [0.4, 0.5) is 5.82 Å². The predicted molar refractivity (Wildman–Crippen MR) is 108 cm³/mol. The molecule has 1 aromatic carbocycles. The maximum atomic E-state index is 5.36. The summed E-state index contributed by atoms with van der Waals surface area (Å²) in [5.74, 6) is 2.36. The van der Waals surface area contributed by atoms with E-state index < -0.39 is 0 Å². The van der Waals surface area contributed by atoms with E-state index in [9.17, 15) is 0 Å². The van der Waals surface area contributed by atoms with Gasteiger partial charge in [0, 0.05) is 36.3 Å². The molecule has 1 unspecified atom stereocenters. The van der Waals surface area contributed by atoms with Gasteiger partial charge in [-0.15, -0.1) is 0 Å². The Morgan fingerprint density at radius 1 is 1.07 bits per heavy atom. The first-order valence-corrected chi connectivity index (χ1v) is 8.87. The van der Waals surface area contributed by atoms with Gasteiger partial charge in [-0.25, -0.2) is 9.97 Å². The van der Waals surface area contributed by atoms with Crippen molar-refractivity contribution in [2.45, 2.75) is 13.0 Å². The number of aryl methyl sites for hydroxylation is 1. The zero-order valence-electron chi connectivity index (χ0n) is 16.2. The fourth-order valence-corrected chi connectivity index (χ4v) is 2.94. The highest BCUT2D eigenvalue weighted by atomic mass is 16.5. The van der Waals surface area contributed by atoms with Gasteiger partial charge in [-0.2, -0.15) is 0 Å². The van der Waals surface area contributed by atoms with Crippen molar-refractivity contribution in [1.29, 1.82) is 0 Å². The maximum Gasteiger partial charge on any atom is 0.161 e. The topological polar surface area (TPSA) is 63.2 Å². The standard InChI is InChI=1S/C21H25N5O/c1-15-12-20(25-21(24-15)16-8-10-22-11-9-16)23-14-19(26(2)3)17-6-5-7-18(13-17)27-4/h5-13,19H,14H2,1-4H3,(H,23,24,25). The third-order valence-electron chi connectivity index (χ3n) is 4.37. The van der Waals surface area contributed by atoms with Crippen molar-refractivity contribution in [2.24, 2.45) is 0 Å². The van der Waals surface area contributed by atoms with E-state index in [1.807, 2.05) is 37.3 Å². The van der Waals surface area contributed by atoms with Gasteiger partial charge in [-0.1, -0.05) is 12.1 Å². The van der Waals surface area contributed by atoms with Gasteiger partial charge in [0.15, 0.2) is 5.82 Å². The van der Waals surface area contributed by atoms with E-state index in [0.29, 0.717) is 12.4 Å². The Bertz CT molecular complexity index is 883. The van der Waals surface area contributed by atoms with Crippen LogP contribution in [0.15, 0.2) is 54.9 Å². The molecule has 2 aromatic heterocycles. The number of aromatic nitrogens is 3. The first kappa shape index (κ1) is 18.8. The Morgan fingerprint density at radius 2 is 1.85 bits per heavy atom. The van der Waals surface area contributed by atoms with E-state index in [4.69, 9.17) is 4.74 Å². The van der Waals surface area contributed by atoms with Crippen LogP contribution in [0, 0.1) is 6.92 Å². The molecule has 6 heteroatoms. The molecule has 0 radical (unpaired) electrons. The van der Waals surface area contributed by atoms with Crippen molar-refractivity contribution >= 4 is 5.82 Å². The monoisotopic (exact) mass is 363 g/mol. The Hall–Kier alpha value is -2.99. The van der Waals surface area contributed by atoms with Crippen molar-refractivity contribution in [3.8, 4) is 17.1 Å². The number of pyridine rings is 1. The van der Waals surface area contributed by atoms with Crippen LogP contribution < -0.4 is 10.1 Å². The average molecular weight is 363 g/mol. The number of hydrogen-bond acceptors (Lipinski definition) is 6. The summed E-state index contributed by atoms with van der Waals surface area (Å²) < 4.78 is 5.36. The zero-order chi connectivity index (χ0) is 19.2. The molecule has 27 heavy (non-hydrogen) atoms. The summed E-state index contributed by atoms with van der Waals surface area (Å²) in [6.07, 6.45) is 3.50. The molecule has 3 rings (SSSR count). The molecule has 0 aliphatic carbocycles. The minimum atomic E-state index is 0.180. The van der Waals surface area contributed by atoms with Crippen LogP contribution in [-0.4, -0.2) is 47.6 Å². The van der Waals surface area contributed by atoms with Gasteiger partial charge < -0.3 is 15.0 Å². The van der Waals surface area contributed by atoms with Crippen LogP contribution in [0.5, 0.6) is 5.75 Å². The smallest absolute Gasteiger partial charge is 0.161 e. The van der Waals surface area contributed by atoms with E-state index in [2.05, 4.69) is 51.4 Å². The molecule has 0 aliphatic heterocycles. The first-order chi connectivity index (χ1) is 13.1. The van der Waals surface area contributed by atoms with Gasteiger partial charge in [0.1, 0.15) is 11.6 Å². The highest BCUT2D eigenvalue weighted by molar-refractivity contribution is 5.56. The molecule has 0 amide bonds. The molecule has 0 saturated heterocycles. The normalized spacial score (nSPS) is 12.0. The average Bonchev–Trinajstić information content (AvgIpc) is 2.68. The molecule has 6 nitrogen and oxygen atoms in total. The molecular weight excluding hydrogens is 338 g/mol. The van der Waals surface area contributed by atoms with E-state index in [1.54, 1.807) is 19.5 Å². The summed E-state index contributed by atoms with van der Waals surface area (Å²) in [5.41, 5.74) is 3.06. The van der Waals surface area contributed by atoms with Crippen molar-refractivity contribution in [3.63, 3.8) is 0 Å². The van der Waals surface area contributed by atoms with E-state index in [-0.39, 0.29) is 6.04 Å². The molecular formula is C21H25N5O. The van der Waals surface area contributed by atoms with Gasteiger partial charge in [-0.05, 0) is 50.8 Å². The Labute approximate surface area is 160 Å². The molecule has 0 aliphatic rings. The fraction of sp³-hybridized carbons (Fsp3) is 0.286. The summed E-state index contributed by atoms with van der Waals surface area (Å²) in [7, 11) is 5.82. The Balaban J connectivity index is 1.80. The number of nitrogens with zero attached hydrogens (tertiary/aromatic N) is 4. The van der Waals surface area contributed by atoms with Crippen LogP contribution in [0.3, 0.4) is 0 Å². The third-order valence-corrected chi connectivity index (χ3v) is 4.37. The van der Waals surface area contributed by atoms with Gasteiger partial charge in [0.25, 0.3) is 0 Å². The lowest BCUT2D eigenvalue weighted by Crippen LogP contribution is -2.27. The molecule has 1 N–H and O–H groups in total. The van der Waals surface area contributed by atoms with E-state index in [0.717, 1.165) is 22.8 Å². The lowest BCUT2D eigenvalue weighted by Gasteiger charge is -2.25. The van der Waals surface area contributed by atoms with E-state index >= 15 is 0 Å². The lowest BCUT2D eigenvalue weighted by molar-refractivity contribution is 0.310. The van der Waals surface area contributed by atoms with Crippen molar-refractivity contribution in [3.05, 3.63) is 66.1 Å². The summed E-state index contributed by atoms with van der Waals surface area (Å²) in [5, 5.41) is 3.46. The fourth-order valence-electron chi connectivity index (χ4n) is 2.94. The van der Waals surface area contributed by atoms with Crippen LogP contribution in [-0.2, 0) is 0 Å². The van der Waals surface area contributed by atoms with Crippen molar-refractivity contribution in [2.75, 3.05) is 33.1 Å². The molecule has 3 aromatic rings. The first-order valence-electron chi connectivity index (χ1n) is 8.87.